The molecule has 0 saturated carbocycles. The predicted molar refractivity (Wildman–Crippen MR) is 120 cm³/mol. The minimum Gasteiger partial charge on any atom is -0.481 e. The average Bonchev–Trinajstić information content (AvgIpc) is 2.79. The fourth-order valence-electron chi connectivity index (χ4n) is 3.33. The lowest BCUT2D eigenvalue weighted by molar-refractivity contribution is -0.142. The van der Waals surface area contributed by atoms with Gasteiger partial charge in [-0.15, -0.1) is 0 Å². The van der Waals surface area contributed by atoms with E-state index in [1.165, 1.54) is 17.7 Å². The van der Waals surface area contributed by atoms with Gasteiger partial charge in [0.2, 0.25) is 0 Å². The van der Waals surface area contributed by atoms with Gasteiger partial charge in [0.1, 0.15) is 5.75 Å². The first-order valence-corrected chi connectivity index (χ1v) is 12.1. The molecule has 1 atom stereocenters. The molecular formula is C23H30N2O5S. The van der Waals surface area contributed by atoms with Crippen molar-refractivity contribution in [2.75, 3.05) is 31.0 Å². The summed E-state index contributed by atoms with van der Waals surface area (Å²) in [7, 11) is -3.72. The molecule has 1 saturated heterocycles. The van der Waals surface area contributed by atoms with Crippen LogP contribution in [0.3, 0.4) is 0 Å². The van der Waals surface area contributed by atoms with Gasteiger partial charge in [0.25, 0.3) is 15.9 Å². The molecule has 0 aromatic heterocycles. The van der Waals surface area contributed by atoms with Gasteiger partial charge in [-0.1, -0.05) is 25.5 Å². The Balaban J connectivity index is 1.59. The minimum atomic E-state index is -3.72. The Morgan fingerprint density at radius 2 is 1.74 bits per heavy atom. The van der Waals surface area contributed by atoms with Gasteiger partial charge in [0.05, 0.1) is 18.1 Å². The van der Waals surface area contributed by atoms with E-state index in [4.69, 9.17) is 9.47 Å². The number of carbonyl (C=O) groups excluding carboxylic acids is 1. The molecule has 8 heteroatoms. The van der Waals surface area contributed by atoms with Crippen LogP contribution in [0.4, 0.5) is 5.69 Å². The summed E-state index contributed by atoms with van der Waals surface area (Å²) in [6.07, 6.45) is 2.55. The highest BCUT2D eigenvalue weighted by molar-refractivity contribution is 7.92. The SMILES string of the molecule is CCCCc1ccc(NS(=O)(=O)c2ccc(O[C@H](C)C(=O)N3CCOCC3)cc2)cc1. The fourth-order valence-corrected chi connectivity index (χ4v) is 4.39. The number of benzene rings is 2. The van der Waals surface area contributed by atoms with Crippen molar-refractivity contribution in [3.63, 3.8) is 0 Å². The number of unbranched alkanes of at least 4 members (excludes halogenated alkanes) is 1. The van der Waals surface area contributed by atoms with E-state index in [1.807, 2.05) is 12.1 Å². The monoisotopic (exact) mass is 446 g/mol. The normalized spacial score (nSPS) is 15.4. The number of morpholine rings is 1. The summed E-state index contributed by atoms with van der Waals surface area (Å²) in [4.78, 5) is 14.3. The number of sulfonamides is 1. The van der Waals surface area contributed by atoms with Crippen LogP contribution in [0.1, 0.15) is 32.3 Å². The van der Waals surface area contributed by atoms with Crippen LogP contribution in [-0.2, 0) is 26.0 Å². The number of amides is 1. The lowest BCUT2D eigenvalue weighted by Crippen LogP contribution is -2.46. The molecule has 1 heterocycles. The number of hydrogen-bond acceptors (Lipinski definition) is 5. The summed E-state index contributed by atoms with van der Waals surface area (Å²) in [6, 6.07) is 13.5. The van der Waals surface area contributed by atoms with Crippen LogP contribution in [-0.4, -0.2) is 51.6 Å². The molecule has 0 unspecified atom stereocenters. The Kier molecular flexibility index (Phi) is 7.92. The largest absolute Gasteiger partial charge is 0.481 e. The quantitative estimate of drug-likeness (QED) is 0.638. The second kappa shape index (κ2) is 10.6. The van der Waals surface area contributed by atoms with Crippen LogP contribution < -0.4 is 9.46 Å². The molecule has 1 fully saturated rings. The van der Waals surface area contributed by atoms with Crippen molar-refractivity contribution in [3.05, 3.63) is 54.1 Å². The van der Waals surface area contributed by atoms with Crippen molar-refractivity contribution < 1.29 is 22.7 Å². The highest BCUT2D eigenvalue weighted by Crippen LogP contribution is 2.21. The van der Waals surface area contributed by atoms with E-state index >= 15 is 0 Å². The number of hydrogen-bond donors (Lipinski definition) is 1. The van der Waals surface area contributed by atoms with Gasteiger partial charge in [-0.05, 0) is 61.7 Å². The summed E-state index contributed by atoms with van der Waals surface area (Å²) in [5, 5.41) is 0. The van der Waals surface area contributed by atoms with Crippen molar-refractivity contribution in [1.82, 2.24) is 4.90 Å². The third-order valence-corrected chi connectivity index (χ3v) is 6.54. The number of nitrogens with zero attached hydrogens (tertiary/aromatic N) is 1. The molecule has 1 N–H and O–H groups in total. The summed E-state index contributed by atoms with van der Waals surface area (Å²) in [5.41, 5.74) is 1.71. The molecule has 1 aliphatic heterocycles. The average molecular weight is 447 g/mol. The third-order valence-electron chi connectivity index (χ3n) is 5.14. The maximum Gasteiger partial charge on any atom is 0.263 e. The van der Waals surface area contributed by atoms with Gasteiger partial charge in [0.15, 0.2) is 6.10 Å². The molecule has 168 valence electrons. The van der Waals surface area contributed by atoms with Gasteiger partial charge in [0, 0.05) is 18.8 Å². The van der Waals surface area contributed by atoms with Crippen molar-refractivity contribution in [3.8, 4) is 5.75 Å². The summed E-state index contributed by atoms with van der Waals surface area (Å²) < 4.78 is 38.9. The van der Waals surface area contributed by atoms with E-state index in [1.54, 1.807) is 36.1 Å². The fraction of sp³-hybridized carbons (Fsp3) is 0.435. The second-order valence-corrected chi connectivity index (χ2v) is 9.26. The first-order chi connectivity index (χ1) is 14.9. The third kappa shape index (κ3) is 6.45. The molecule has 1 aliphatic rings. The van der Waals surface area contributed by atoms with E-state index in [0.29, 0.717) is 37.7 Å². The molecule has 7 nitrogen and oxygen atoms in total. The topological polar surface area (TPSA) is 84.9 Å². The van der Waals surface area contributed by atoms with Crippen LogP contribution in [0.15, 0.2) is 53.4 Å². The lowest BCUT2D eigenvalue weighted by Gasteiger charge is -2.29. The number of anilines is 1. The maximum atomic E-state index is 12.7. The van der Waals surface area contributed by atoms with Crippen molar-refractivity contribution >= 4 is 21.6 Å². The molecule has 31 heavy (non-hydrogen) atoms. The van der Waals surface area contributed by atoms with Crippen LogP contribution in [0.25, 0.3) is 0 Å². The molecule has 0 spiro atoms. The van der Waals surface area contributed by atoms with Crippen molar-refractivity contribution in [2.45, 2.75) is 44.1 Å². The van der Waals surface area contributed by atoms with Gasteiger partial charge >= 0.3 is 0 Å². The van der Waals surface area contributed by atoms with Gasteiger partial charge in [-0.3, -0.25) is 9.52 Å². The Morgan fingerprint density at radius 1 is 1.10 bits per heavy atom. The highest BCUT2D eigenvalue weighted by atomic mass is 32.2. The van der Waals surface area contributed by atoms with Crippen LogP contribution in [0.2, 0.25) is 0 Å². The number of ether oxygens (including phenoxy) is 2. The summed E-state index contributed by atoms with van der Waals surface area (Å²) >= 11 is 0. The standard InChI is InChI=1S/C23H30N2O5S/c1-3-4-5-19-6-8-20(9-7-19)24-31(27,28)22-12-10-21(11-13-22)30-18(2)23(26)25-14-16-29-17-15-25/h6-13,18,24H,3-5,14-17H2,1-2H3/t18-/m1/s1. The number of carbonyl (C=O) groups is 1. The Bertz CT molecular complexity index is 952. The van der Waals surface area contributed by atoms with Gasteiger partial charge in [-0.2, -0.15) is 0 Å². The van der Waals surface area contributed by atoms with Gasteiger partial charge < -0.3 is 14.4 Å². The van der Waals surface area contributed by atoms with E-state index < -0.39 is 16.1 Å². The lowest BCUT2D eigenvalue weighted by atomic mass is 10.1. The molecule has 2 aromatic carbocycles. The molecule has 0 bridgehead atoms. The summed E-state index contributed by atoms with van der Waals surface area (Å²) in [5.74, 6) is 0.331. The smallest absolute Gasteiger partial charge is 0.263 e. The second-order valence-electron chi connectivity index (χ2n) is 7.58. The molecule has 1 amide bonds. The van der Waals surface area contributed by atoms with E-state index in [0.717, 1.165) is 19.3 Å². The zero-order valence-electron chi connectivity index (χ0n) is 18.0. The maximum absolute atomic E-state index is 12.7. The molecule has 2 aromatic rings. The molecule has 0 radical (unpaired) electrons. The van der Waals surface area contributed by atoms with E-state index in [-0.39, 0.29) is 10.8 Å². The Morgan fingerprint density at radius 3 is 2.35 bits per heavy atom. The highest BCUT2D eigenvalue weighted by Gasteiger charge is 2.24. The molecule has 3 rings (SSSR count). The van der Waals surface area contributed by atoms with Crippen molar-refractivity contribution in [2.24, 2.45) is 0 Å². The summed E-state index contributed by atoms with van der Waals surface area (Å²) in [6.45, 7) is 5.98. The van der Waals surface area contributed by atoms with E-state index in [9.17, 15) is 13.2 Å². The Labute approximate surface area is 184 Å². The first-order valence-electron chi connectivity index (χ1n) is 10.6. The zero-order valence-corrected chi connectivity index (χ0v) is 18.9. The van der Waals surface area contributed by atoms with Gasteiger partial charge in [-0.25, -0.2) is 8.42 Å². The number of aryl methyl sites for hydroxylation is 1. The zero-order chi connectivity index (χ0) is 22.3. The number of rotatable bonds is 9. The van der Waals surface area contributed by atoms with Crippen LogP contribution in [0.5, 0.6) is 5.75 Å². The minimum absolute atomic E-state index is 0.107. The number of nitrogens with one attached hydrogen (secondary N) is 1. The first kappa shape index (κ1) is 23.1. The predicted octanol–water partition coefficient (Wildman–Crippen LogP) is 3.46. The van der Waals surface area contributed by atoms with Crippen molar-refractivity contribution in [1.29, 1.82) is 0 Å². The molecule has 0 aliphatic carbocycles. The van der Waals surface area contributed by atoms with Crippen LogP contribution >= 0.6 is 0 Å². The molecular weight excluding hydrogens is 416 g/mol. The Hall–Kier alpha value is -2.58. The van der Waals surface area contributed by atoms with Crippen LogP contribution in [0, 0.1) is 0 Å². The van der Waals surface area contributed by atoms with E-state index in [2.05, 4.69) is 11.6 Å².